The van der Waals surface area contributed by atoms with Gasteiger partial charge in [0.05, 0.1) is 6.10 Å². The number of aliphatic hydroxyl groups is 1. The smallest absolute Gasteiger partial charge is 0.0951 e. The molecule has 1 aliphatic carbocycles. The molecule has 1 aromatic rings. The van der Waals surface area contributed by atoms with E-state index in [1.54, 1.807) is 0 Å². The van der Waals surface area contributed by atoms with Gasteiger partial charge in [-0.25, -0.2) is 0 Å². The summed E-state index contributed by atoms with van der Waals surface area (Å²) in [6, 6.07) is 9.08. The second kappa shape index (κ2) is 6.53. The van der Waals surface area contributed by atoms with Gasteiger partial charge >= 0.3 is 0 Å². The van der Waals surface area contributed by atoms with E-state index in [-0.39, 0.29) is 12.1 Å². The standard InChI is InChI=1S/C17H27NO/c1-4-5-8-11-18(13(2)3)16-12-14-9-6-7-10-15(14)17(16)19/h6-7,9-10,13,16-17,19H,4-5,8,11-12H2,1-3H3. The first-order valence-electron chi connectivity index (χ1n) is 7.66. The van der Waals surface area contributed by atoms with E-state index in [4.69, 9.17) is 0 Å². The second-order valence-corrected chi connectivity index (χ2v) is 5.95. The summed E-state index contributed by atoms with van der Waals surface area (Å²) in [7, 11) is 0. The van der Waals surface area contributed by atoms with E-state index in [2.05, 4.69) is 43.9 Å². The van der Waals surface area contributed by atoms with Gasteiger partial charge < -0.3 is 5.11 Å². The van der Waals surface area contributed by atoms with Crippen molar-refractivity contribution in [3.05, 3.63) is 35.4 Å². The number of hydrogen-bond acceptors (Lipinski definition) is 2. The van der Waals surface area contributed by atoms with Crippen LogP contribution in [0.25, 0.3) is 0 Å². The lowest BCUT2D eigenvalue weighted by Gasteiger charge is -2.34. The first kappa shape index (κ1) is 14.5. The van der Waals surface area contributed by atoms with E-state index in [1.807, 2.05) is 6.07 Å². The fraction of sp³-hybridized carbons (Fsp3) is 0.647. The summed E-state index contributed by atoms with van der Waals surface area (Å²) in [6.07, 6.45) is 4.43. The van der Waals surface area contributed by atoms with Crippen LogP contribution < -0.4 is 0 Å². The van der Waals surface area contributed by atoms with Crippen LogP contribution in [0.15, 0.2) is 24.3 Å². The summed E-state index contributed by atoms with van der Waals surface area (Å²) < 4.78 is 0. The van der Waals surface area contributed by atoms with Gasteiger partial charge in [-0.05, 0) is 44.4 Å². The van der Waals surface area contributed by atoms with Gasteiger partial charge in [-0.1, -0.05) is 44.0 Å². The van der Waals surface area contributed by atoms with Gasteiger partial charge in [0.2, 0.25) is 0 Å². The molecular weight excluding hydrogens is 234 g/mol. The van der Waals surface area contributed by atoms with E-state index in [0.717, 1.165) is 18.5 Å². The normalized spacial score (nSPS) is 22.2. The van der Waals surface area contributed by atoms with E-state index >= 15 is 0 Å². The minimum atomic E-state index is -0.319. The van der Waals surface area contributed by atoms with Crippen molar-refractivity contribution in [3.8, 4) is 0 Å². The van der Waals surface area contributed by atoms with Crippen molar-refractivity contribution in [2.24, 2.45) is 0 Å². The molecule has 0 fully saturated rings. The molecule has 2 nitrogen and oxygen atoms in total. The Morgan fingerprint density at radius 3 is 2.63 bits per heavy atom. The molecule has 19 heavy (non-hydrogen) atoms. The Morgan fingerprint density at radius 2 is 2.00 bits per heavy atom. The van der Waals surface area contributed by atoms with Crippen molar-refractivity contribution >= 4 is 0 Å². The fourth-order valence-corrected chi connectivity index (χ4v) is 3.20. The van der Waals surface area contributed by atoms with Crippen LogP contribution in [0.5, 0.6) is 0 Å². The molecule has 1 N–H and O–H groups in total. The second-order valence-electron chi connectivity index (χ2n) is 5.95. The highest BCUT2D eigenvalue weighted by molar-refractivity contribution is 5.35. The minimum absolute atomic E-state index is 0.259. The maximum absolute atomic E-state index is 10.6. The number of aliphatic hydroxyl groups excluding tert-OH is 1. The van der Waals surface area contributed by atoms with Crippen LogP contribution in [0.3, 0.4) is 0 Å². The van der Waals surface area contributed by atoms with Gasteiger partial charge in [-0.15, -0.1) is 0 Å². The molecule has 2 atom stereocenters. The zero-order valence-electron chi connectivity index (χ0n) is 12.5. The third-order valence-electron chi connectivity index (χ3n) is 4.28. The molecule has 0 saturated heterocycles. The van der Waals surface area contributed by atoms with Gasteiger partial charge in [-0.3, -0.25) is 4.90 Å². The van der Waals surface area contributed by atoms with E-state index in [0.29, 0.717) is 6.04 Å². The van der Waals surface area contributed by atoms with Crippen molar-refractivity contribution in [1.29, 1.82) is 0 Å². The number of hydrogen-bond donors (Lipinski definition) is 1. The van der Waals surface area contributed by atoms with Crippen molar-refractivity contribution in [1.82, 2.24) is 4.90 Å². The summed E-state index contributed by atoms with van der Waals surface area (Å²) >= 11 is 0. The zero-order valence-corrected chi connectivity index (χ0v) is 12.5. The van der Waals surface area contributed by atoms with Crippen molar-refractivity contribution < 1.29 is 5.11 Å². The Labute approximate surface area is 117 Å². The maximum atomic E-state index is 10.6. The minimum Gasteiger partial charge on any atom is -0.387 e. The van der Waals surface area contributed by atoms with E-state index < -0.39 is 0 Å². The molecule has 2 rings (SSSR count). The number of rotatable bonds is 6. The Kier molecular flexibility index (Phi) is 5.00. The molecule has 106 valence electrons. The van der Waals surface area contributed by atoms with Crippen LogP contribution in [0.2, 0.25) is 0 Å². The van der Waals surface area contributed by atoms with Crippen LogP contribution >= 0.6 is 0 Å². The van der Waals surface area contributed by atoms with Crippen LogP contribution in [0.1, 0.15) is 57.3 Å². The fourth-order valence-electron chi connectivity index (χ4n) is 3.20. The molecule has 1 aromatic carbocycles. The van der Waals surface area contributed by atoms with Crippen LogP contribution in [0, 0.1) is 0 Å². The van der Waals surface area contributed by atoms with Gasteiger partial charge in [-0.2, -0.15) is 0 Å². The lowest BCUT2D eigenvalue weighted by atomic mass is 10.1. The summed E-state index contributed by atoms with van der Waals surface area (Å²) in [5.41, 5.74) is 2.45. The van der Waals surface area contributed by atoms with Gasteiger partial charge in [0.1, 0.15) is 0 Å². The number of unbranched alkanes of at least 4 members (excludes halogenated alkanes) is 2. The molecule has 0 radical (unpaired) electrons. The average molecular weight is 261 g/mol. The predicted octanol–water partition coefficient (Wildman–Crippen LogP) is 3.55. The van der Waals surface area contributed by atoms with E-state index in [9.17, 15) is 5.11 Å². The van der Waals surface area contributed by atoms with Crippen molar-refractivity contribution in [3.63, 3.8) is 0 Å². The molecule has 0 aromatic heterocycles. The van der Waals surface area contributed by atoms with Gasteiger partial charge in [0.15, 0.2) is 0 Å². The summed E-state index contributed by atoms with van der Waals surface area (Å²) in [4.78, 5) is 2.49. The molecule has 2 unspecified atom stereocenters. The molecule has 2 heteroatoms. The SMILES string of the molecule is CCCCCN(C(C)C)C1Cc2ccccc2C1O. The molecule has 0 saturated carbocycles. The third kappa shape index (κ3) is 3.18. The summed E-state index contributed by atoms with van der Waals surface area (Å²) in [5.74, 6) is 0. The third-order valence-corrected chi connectivity index (χ3v) is 4.28. The molecule has 0 aliphatic heterocycles. The Hall–Kier alpha value is -0.860. The van der Waals surface area contributed by atoms with Gasteiger partial charge in [0.25, 0.3) is 0 Å². The number of fused-ring (bicyclic) bond motifs is 1. The molecular formula is C17H27NO. The number of nitrogens with zero attached hydrogens (tertiary/aromatic N) is 1. The van der Waals surface area contributed by atoms with Crippen molar-refractivity contribution in [2.75, 3.05) is 6.54 Å². The lowest BCUT2D eigenvalue weighted by Crippen LogP contribution is -2.43. The maximum Gasteiger partial charge on any atom is 0.0951 e. The Bertz CT molecular complexity index is 402. The summed E-state index contributed by atoms with van der Waals surface area (Å²) in [5, 5.41) is 10.6. The Balaban J connectivity index is 2.08. The van der Waals surface area contributed by atoms with Crippen LogP contribution in [0.4, 0.5) is 0 Å². The first-order valence-corrected chi connectivity index (χ1v) is 7.66. The zero-order chi connectivity index (χ0) is 13.8. The molecule has 0 bridgehead atoms. The van der Waals surface area contributed by atoms with Crippen molar-refractivity contribution in [2.45, 2.75) is 64.6 Å². The quantitative estimate of drug-likeness (QED) is 0.792. The molecule has 0 spiro atoms. The van der Waals surface area contributed by atoms with E-state index in [1.165, 1.54) is 24.8 Å². The molecule has 0 heterocycles. The average Bonchev–Trinajstić information content (AvgIpc) is 2.72. The predicted molar refractivity (Wildman–Crippen MR) is 80.3 cm³/mol. The van der Waals surface area contributed by atoms with Gasteiger partial charge in [0, 0.05) is 12.1 Å². The molecule has 0 amide bonds. The van der Waals surface area contributed by atoms with Crippen LogP contribution in [-0.4, -0.2) is 28.6 Å². The first-order chi connectivity index (χ1) is 9.15. The highest BCUT2D eigenvalue weighted by Crippen LogP contribution is 2.35. The topological polar surface area (TPSA) is 23.5 Å². The Morgan fingerprint density at radius 1 is 1.26 bits per heavy atom. The summed E-state index contributed by atoms with van der Waals surface area (Å²) in [6.45, 7) is 7.81. The number of benzene rings is 1. The largest absolute Gasteiger partial charge is 0.387 e. The monoisotopic (exact) mass is 261 g/mol. The highest BCUT2D eigenvalue weighted by Gasteiger charge is 2.35. The van der Waals surface area contributed by atoms with Crippen LogP contribution in [-0.2, 0) is 6.42 Å². The highest BCUT2D eigenvalue weighted by atomic mass is 16.3. The lowest BCUT2D eigenvalue weighted by molar-refractivity contribution is 0.0411. The molecule has 1 aliphatic rings.